The SMILES string of the molecule is C/C(=N\OC(=O)N(C)CCN(C)C(=O)OC(C)(C)C)[C@H]1CC[C@H]2[C@@H]3CCC4=CC(=O)CC[C@]4(C)[C@H]3CC[C@]12C. The molecule has 3 fully saturated rings. The second-order valence-corrected chi connectivity index (χ2v) is 14.1. The van der Waals surface area contributed by atoms with Gasteiger partial charge in [-0.1, -0.05) is 24.6 Å². The molecule has 0 bridgehead atoms. The second-order valence-electron chi connectivity index (χ2n) is 14.1. The molecule has 4 aliphatic carbocycles. The van der Waals surface area contributed by atoms with Crippen molar-refractivity contribution in [1.82, 2.24) is 9.80 Å². The third-order valence-electron chi connectivity index (χ3n) is 10.5. The van der Waals surface area contributed by atoms with Gasteiger partial charge in [-0.3, -0.25) is 9.63 Å². The number of carbonyl (C=O) groups is 3. The Bertz CT molecular complexity index is 1050. The highest BCUT2D eigenvalue weighted by molar-refractivity contribution is 5.91. The number of nitrogens with zero attached hydrogens (tertiary/aromatic N) is 3. The largest absolute Gasteiger partial charge is 0.444 e. The highest BCUT2D eigenvalue weighted by atomic mass is 16.7. The van der Waals surface area contributed by atoms with Crippen molar-refractivity contribution in [3.8, 4) is 0 Å². The van der Waals surface area contributed by atoms with Crippen molar-refractivity contribution in [2.24, 2.45) is 39.7 Å². The standard InChI is InChI=1S/C31H49N3O5/c1-20(32-39-28(37)34(8)18-17-33(7)27(36)38-29(2,3)4)24-11-12-25-23-10-9-21-19-22(35)13-15-30(21,5)26(23)14-16-31(24,25)6/h19,23-26H,9-18H2,1-8H3/b32-20+/t23-,24+,25-,26-,30-,31+/m0/s1. The molecule has 8 nitrogen and oxygen atoms in total. The maximum atomic E-state index is 12.6. The topological polar surface area (TPSA) is 88.5 Å². The lowest BCUT2D eigenvalue weighted by Crippen LogP contribution is -2.51. The van der Waals surface area contributed by atoms with Gasteiger partial charge in [0.25, 0.3) is 0 Å². The van der Waals surface area contributed by atoms with Crippen LogP contribution in [-0.4, -0.2) is 66.3 Å². The quantitative estimate of drug-likeness (QED) is 0.226. The van der Waals surface area contributed by atoms with Crippen LogP contribution >= 0.6 is 0 Å². The molecule has 0 aromatic rings. The Labute approximate surface area is 234 Å². The van der Waals surface area contributed by atoms with Crippen LogP contribution in [0, 0.1) is 34.5 Å². The van der Waals surface area contributed by atoms with Crippen molar-refractivity contribution in [1.29, 1.82) is 0 Å². The van der Waals surface area contributed by atoms with Crippen molar-refractivity contribution in [3.05, 3.63) is 11.6 Å². The van der Waals surface area contributed by atoms with Crippen LogP contribution < -0.4 is 0 Å². The number of hydrogen-bond acceptors (Lipinski definition) is 6. The zero-order chi connectivity index (χ0) is 28.8. The smallest absolute Gasteiger partial charge is 0.435 e. The molecule has 0 aromatic heterocycles. The van der Waals surface area contributed by atoms with E-state index in [1.54, 1.807) is 14.1 Å². The fourth-order valence-electron chi connectivity index (χ4n) is 8.31. The van der Waals surface area contributed by atoms with E-state index in [-0.39, 0.29) is 10.8 Å². The number of rotatable bonds is 5. The second kappa shape index (κ2) is 10.9. The molecule has 0 radical (unpaired) electrons. The fraction of sp³-hybridized carbons (Fsp3) is 0.806. The Hall–Kier alpha value is -2.38. The molecule has 6 atom stereocenters. The van der Waals surface area contributed by atoms with E-state index in [9.17, 15) is 14.4 Å². The molecular formula is C31H49N3O5. The predicted molar refractivity (Wildman–Crippen MR) is 151 cm³/mol. The van der Waals surface area contributed by atoms with Crippen molar-refractivity contribution in [2.45, 2.75) is 98.5 Å². The van der Waals surface area contributed by atoms with Gasteiger partial charge in [-0.2, -0.15) is 0 Å². The number of allylic oxidation sites excluding steroid dienone is 1. The van der Waals surface area contributed by atoms with Gasteiger partial charge in [0.2, 0.25) is 0 Å². The third kappa shape index (κ3) is 5.90. The Morgan fingerprint density at radius 2 is 1.64 bits per heavy atom. The minimum absolute atomic E-state index is 0.158. The van der Waals surface area contributed by atoms with Crippen LogP contribution in [0.3, 0.4) is 0 Å². The van der Waals surface area contributed by atoms with E-state index in [0.717, 1.165) is 31.4 Å². The number of oxime groups is 1. The molecule has 39 heavy (non-hydrogen) atoms. The molecule has 0 aliphatic heterocycles. The molecule has 0 saturated heterocycles. The fourth-order valence-corrected chi connectivity index (χ4v) is 8.31. The van der Waals surface area contributed by atoms with Gasteiger partial charge in [-0.15, -0.1) is 0 Å². The van der Waals surface area contributed by atoms with Crippen molar-refractivity contribution in [2.75, 3.05) is 27.2 Å². The highest BCUT2D eigenvalue weighted by Gasteiger charge is 2.59. The third-order valence-corrected chi connectivity index (χ3v) is 10.5. The van der Waals surface area contributed by atoms with Gasteiger partial charge in [0.1, 0.15) is 5.60 Å². The molecule has 2 amide bonds. The molecule has 218 valence electrons. The van der Waals surface area contributed by atoms with E-state index < -0.39 is 17.8 Å². The number of carbonyl (C=O) groups excluding carboxylic acids is 3. The molecule has 0 N–H and O–H groups in total. The van der Waals surface area contributed by atoms with Gasteiger partial charge in [0.05, 0.1) is 5.71 Å². The molecule has 8 heteroatoms. The molecule has 0 aromatic carbocycles. The normalized spacial score (nSPS) is 34.3. The number of hydrogen-bond donors (Lipinski definition) is 0. The first-order valence-electron chi connectivity index (χ1n) is 14.8. The molecule has 0 heterocycles. The van der Waals surface area contributed by atoms with Gasteiger partial charge in [-0.25, -0.2) is 9.59 Å². The summed E-state index contributed by atoms with van der Waals surface area (Å²) < 4.78 is 5.36. The van der Waals surface area contributed by atoms with Crippen LogP contribution in [0.1, 0.15) is 92.9 Å². The lowest BCUT2D eigenvalue weighted by molar-refractivity contribution is -0.117. The zero-order valence-electron chi connectivity index (χ0n) is 25.3. The maximum Gasteiger partial charge on any atom is 0.435 e. The molecule has 0 spiro atoms. The maximum absolute atomic E-state index is 12.6. The first-order valence-corrected chi connectivity index (χ1v) is 14.8. The average Bonchev–Trinajstić information content (AvgIpc) is 3.22. The number of ketones is 1. The average molecular weight is 544 g/mol. The summed E-state index contributed by atoms with van der Waals surface area (Å²) >= 11 is 0. The van der Waals surface area contributed by atoms with E-state index in [4.69, 9.17) is 9.57 Å². The van der Waals surface area contributed by atoms with Gasteiger partial charge in [-0.05, 0) is 107 Å². The lowest BCUT2D eigenvalue weighted by Gasteiger charge is -2.58. The van der Waals surface area contributed by atoms with Crippen LogP contribution in [0.25, 0.3) is 0 Å². The van der Waals surface area contributed by atoms with Crippen molar-refractivity contribution >= 4 is 23.7 Å². The number of ether oxygens (including phenoxy) is 1. The van der Waals surface area contributed by atoms with Gasteiger partial charge < -0.3 is 14.5 Å². The number of likely N-dealkylation sites (N-methyl/N-ethyl adjacent to an activating group) is 2. The Balaban J connectivity index is 1.34. The van der Waals surface area contributed by atoms with E-state index >= 15 is 0 Å². The minimum atomic E-state index is -0.567. The zero-order valence-corrected chi connectivity index (χ0v) is 25.3. The lowest BCUT2D eigenvalue weighted by atomic mass is 9.46. The summed E-state index contributed by atoms with van der Waals surface area (Å²) in [6.45, 7) is 13.0. The Kier molecular flexibility index (Phi) is 8.26. The minimum Gasteiger partial charge on any atom is -0.444 e. The summed E-state index contributed by atoms with van der Waals surface area (Å²) in [5.41, 5.74) is 2.08. The number of fused-ring (bicyclic) bond motifs is 5. The van der Waals surface area contributed by atoms with Gasteiger partial charge in [0, 0.05) is 39.5 Å². The molecule has 3 saturated carbocycles. The summed E-state index contributed by atoms with van der Waals surface area (Å²) in [4.78, 5) is 45.2. The van der Waals surface area contributed by atoms with Gasteiger partial charge in [0.15, 0.2) is 5.78 Å². The van der Waals surface area contributed by atoms with E-state index in [1.165, 1.54) is 34.6 Å². The van der Waals surface area contributed by atoms with Crippen LogP contribution in [0.2, 0.25) is 0 Å². The van der Waals surface area contributed by atoms with Crippen molar-refractivity contribution in [3.63, 3.8) is 0 Å². The molecule has 0 unspecified atom stereocenters. The summed E-state index contributed by atoms with van der Waals surface area (Å²) in [5.74, 6) is 2.60. The highest BCUT2D eigenvalue weighted by Crippen LogP contribution is 2.66. The van der Waals surface area contributed by atoms with Crippen LogP contribution in [0.15, 0.2) is 16.8 Å². The van der Waals surface area contributed by atoms with Crippen LogP contribution in [0.5, 0.6) is 0 Å². The summed E-state index contributed by atoms with van der Waals surface area (Å²) in [7, 11) is 3.30. The molecular weight excluding hydrogens is 494 g/mol. The van der Waals surface area contributed by atoms with Gasteiger partial charge >= 0.3 is 12.2 Å². The Morgan fingerprint density at radius 3 is 2.31 bits per heavy atom. The predicted octanol–water partition coefficient (Wildman–Crippen LogP) is 6.45. The Morgan fingerprint density at radius 1 is 0.974 bits per heavy atom. The van der Waals surface area contributed by atoms with Crippen molar-refractivity contribution < 1.29 is 24.0 Å². The first kappa shape index (κ1) is 29.6. The van der Waals surface area contributed by atoms with E-state index in [1.807, 2.05) is 33.8 Å². The monoisotopic (exact) mass is 543 g/mol. The summed E-state index contributed by atoms with van der Waals surface area (Å²) in [6, 6.07) is 0. The summed E-state index contributed by atoms with van der Waals surface area (Å²) in [5, 5.41) is 4.34. The number of amides is 2. The molecule has 4 aliphatic rings. The van der Waals surface area contributed by atoms with Crippen LogP contribution in [-0.2, 0) is 14.4 Å². The van der Waals surface area contributed by atoms with E-state index in [0.29, 0.717) is 49.0 Å². The first-order chi connectivity index (χ1) is 18.2. The molecule has 4 rings (SSSR count). The summed E-state index contributed by atoms with van der Waals surface area (Å²) in [6.07, 6.45) is 9.56. The van der Waals surface area contributed by atoms with Crippen LogP contribution in [0.4, 0.5) is 9.59 Å². The van der Waals surface area contributed by atoms with E-state index in [2.05, 4.69) is 19.0 Å².